The van der Waals surface area contributed by atoms with E-state index in [1.807, 2.05) is 60.7 Å². The molecular weight excluding hydrogens is 405 g/mol. The monoisotopic (exact) mass is 425 g/mol. The van der Waals surface area contributed by atoms with Crippen molar-refractivity contribution in [1.29, 1.82) is 0 Å². The van der Waals surface area contributed by atoms with Crippen molar-refractivity contribution in [2.24, 2.45) is 0 Å². The fourth-order valence-electron chi connectivity index (χ4n) is 4.29. The van der Waals surface area contributed by atoms with Crippen molar-refractivity contribution in [3.05, 3.63) is 105 Å². The third kappa shape index (κ3) is 3.55. The molecule has 0 aliphatic carbocycles. The van der Waals surface area contributed by atoms with Crippen LogP contribution in [0.3, 0.4) is 0 Å². The van der Waals surface area contributed by atoms with Gasteiger partial charge in [0.05, 0.1) is 18.7 Å². The number of amides is 1. The molecule has 0 bridgehead atoms. The largest absolute Gasteiger partial charge is 0.394 e. The second-order valence-corrected chi connectivity index (χ2v) is 8.15. The molecule has 1 unspecified atom stereocenters. The number of carbonyl (C=O) groups is 1. The van der Waals surface area contributed by atoms with Crippen molar-refractivity contribution in [1.82, 2.24) is 4.90 Å². The second-order valence-electron chi connectivity index (χ2n) is 7.31. The zero-order chi connectivity index (χ0) is 20.5. The van der Waals surface area contributed by atoms with Crippen LogP contribution in [0.5, 0.6) is 0 Å². The minimum absolute atomic E-state index is 0.0136. The molecule has 5 heteroatoms. The molecule has 1 N–H and O–H groups in total. The molecule has 4 rings (SSSR count). The van der Waals surface area contributed by atoms with E-state index >= 15 is 0 Å². The maximum absolute atomic E-state index is 13.6. The normalized spacial score (nSPS) is 19.7. The van der Waals surface area contributed by atoms with Gasteiger partial charge in [0.15, 0.2) is 0 Å². The van der Waals surface area contributed by atoms with Gasteiger partial charge >= 0.3 is 0 Å². The number of carbonyl (C=O) groups excluding carboxylic acids is 1. The first-order chi connectivity index (χ1) is 14.0. The molecule has 1 amide bonds. The Balaban J connectivity index is 1.92. The van der Waals surface area contributed by atoms with Crippen LogP contribution in [0.2, 0.25) is 10.0 Å². The van der Waals surface area contributed by atoms with Gasteiger partial charge in [-0.2, -0.15) is 0 Å². The Labute approximate surface area is 180 Å². The van der Waals surface area contributed by atoms with Crippen molar-refractivity contribution < 1.29 is 9.90 Å². The van der Waals surface area contributed by atoms with E-state index in [1.54, 1.807) is 17.0 Å². The van der Waals surface area contributed by atoms with E-state index in [1.165, 1.54) is 0 Å². The molecule has 3 nitrogen and oxygen atoms in total. The molecule has 1 aliphatic rings. The Morgan fingerprint density at radius 1 is 0.966 bits per heavy atom. The Morgan fingerprint density at radius 3 is 2.34 bits per heavy atom. The lowest BCUT2D eigenvalue weighted by molar-refractivity contribution is 0.0372. The first-order valence-corrected chi connectivity index (χ1v) is 10.3. The average Bonchev–Trinajstić information content (AvgIpc) is 2.74. The summed E-state index contributed by atoms with van der Waals surface area (Å²) in [5.74, 6) is -0.127. The molecule has 29 heavy (non-hydrogen) atoms. The van der Waals surface area contributed by atoms with Gasteiger partial charge in [-0.1, -0.05) is 84.7 Å². The predicted molar refractivity (Wildman–Crippen MR) is 116 cm³/mol. The molecule has 1 aliphatic heterocycles. The maximum Gasteiger partial charge on any atom is 0.255 e. The quantitative estimate of drug-likeness (QED) is 0.554. The van der Waals surface area contributed by atoms with Crippen LogP contribution < -0.4 is 0 Å². The van der Waals surface area contributed by atoms with Crippen molar-refractivity contribution >= 4 is 29.1 Å². The van der Waals surface area contributed by atoms with Gasteiger partial charge in [0.25, 0.3) is 5.91 Å². The molecule has 0 spiro atoms. The fourth-order valence-corrected chi connectivity index (χ4v) is 4.81. The van der Waals surface area contributed by atoms with Gasteiger partial charge in [0.1, 0.15) is 0 Å². The SMILES string of the molecule is CC1c2ccccc2C(=O)N([C@H](CO)c2ccccc2)[C@@H]1c1ccc(Cl)cc1Cl. The number of rotatable bonds is 4. The number of fused-ring (bicyclic) bond motifs is 1. The molecule has 3 aromatic rings. The summed E-state index contributed by atoms with van der Waals surface area (Å²) in [6, 6.07) is 21.8. The van der Waals surface area contributed by atoms with Gasteiger partial charge in [-0.25, -0.2) is 0 Å². The highest BCUT2D eigenvalue weighted by molar-refractivity contribution is 6.35. The zero-order valence-corrected chi connectivity index (χ0v) is 17.4. The van der Waals surface area contributed by atoms with Crippen LogP contribution in [-0.2, 0) is 0 Å². The molecule has 1 heterocycles. The summed E-state index contributed by atoms with van der Waals surface area (Å²) in [4.78, 5) is 15.4. The topological polar surface area (TPSA) is 40.5 Å². The van der Waals surface area contributed by atoms with Crippen LogP contribution in [0.15, 0.2) is 72.8 Å². The van der Waals surface area contributed by atoms with Crippen LogP contribution in [0.25, 0.3) is 0 Å². The lowest BCUT2D eigenvalue weighted by atomic mass is 9.79. The number of hydrogen-bond acceptors (Lipinski definition) is 2. The predicted octanol–water partition coefficient (Wildman–Crippen LogP) is 6.03. The first-order valence-electron chi connectivity index (χ1n) is 9.55. The molecule has 0 radical (unpaired) electrons. The highest BCUT2D eigenvalue weighted by Crippen LogP contribution is 2.47. The number of benzene rings is 3. The van der Waals surface area contributed by atoms with Crippen LogP contribution in [-0.4, -0.2) is 22.5 Å². The molecule has 0 saturated heterocycles. The third-order valence-electron chi connectivity index (χ3n) is 5.66. The highest BCUT2D eigenvalue weighted by atomic mass is 35.5. The van der Waals surface area contributed by atoms with Crippen LogP contribution in [0, 0.1) is 0 Å². The van der Waals surface area contributed by atoms with Crippen LogP contribution in [0.1, 0.15) is 52.0 Å². The minimum Gasteiger partial charge on any atom is -0.394 e. The first kappa shape index (κ1) is 20.0. The van der Waals surface area contributed by atoms with Crippen LogP contribution in [0.4, 0.5) is 0 Å². The summed E-state index contributed by atoms with van der Waals surface area (Å²) in [6.07, 6.45) is 0. The molecule has 3 atom stereocenters. The Hall–Kier alpha value is -2.33. The summed E-state index contributed by atoms with van der Waals surface area (Å²) >= 11 is 12.7. The van der Waals surface area contributed by atoms with Gasteiger partial charge in [-0.15, -0.1) is 0 Å². The summed E-state index contributed by atoms with van der Waals surface area (Å²) in [6.45, 7) is 1.90. The number of nitrogens with zero attached hydrogens (tertiary/aromatic N) is 1. The Morgan fingerprint density at radius 2 is 1.66 bits per heavy atom. The van der Waals surface area contributed by atoms with Crippen molar-refractivity contribution in [3.63, 3.8) is 0 Å². The third-order valence-corrected chi connectivity index (χ3v) is 6.23. The molecular formula is C24H21Cl2NO2. The number of aliphatic hydroxyl groups excluding tert-OH is 1. The lowest BCUT2D eigenvalue weighted by Gasteiger charge is -2.45. The molecule has 0 aromatic heterocycles. The second kappa shape index (κ2) is 8.19. The van der Waals surface area contributed by atoms with E-state index in [0.29, 0.717) is 15.6 Å². The standard InChI is InChI=1S/C24H21Cl2NO2/c1-15-18-9-5-6-10-19(18)24(29)27(22(14-28)16-7-3-2-4-8-16)23(15)20-12-11-17(25)13-21(20)26/h2-13,15,22-23,28H,14H2,1H3/t15?,22-,23+/m1/s1. The summed E-state index contributed by atoms with van der Waals surface area (Å²) < 4.78 is 0. The van der Waals surface area contributed by atoms with E-state index in [0.717, 1.165) is 16.7 Å². The summed E-state index contributed by atoms with van der Waals surface area (Å²) in [5, 5.41) is 11.4. The molecule has 0 fully saturated rings. The molecule has 3 aromatic carbocycles. The fraction of sp³-hybridized carbons (Fsp3) is 0.208. The summed E-state index contributed by atoms with van der Waals surface area (Å²) in [5.41, 5.74) is 3.34. The van der Waals surface area contributed by atoms with Crippen LogP contribution >= 0.6 is 23.2 Å². The molecule has 0 saturated carbocycles. The molecule has 148 valence electrons. The van der Waals surface area contributed by atoms with Gasteiger partial charge in [-0.3, -0.25) is 4.79 Å². The lowest BCUT2D eigenvalue weighted by Crippen LogP contribution is -2.45. The maximum atomic E-state index is 13.6. The Bertz CT molecular complexity index is 1040. The van der Waals surface area contributed by atoms with E-state index in [2.05, 4.69) is 6.92 Å². The van der Waals surface area contributed by atoms with Gasteiger partial charge < -0.3 is 10.0 Å². The minimum atomic E-state index is -0.490. The van der Waals surface area contributed by atoms with E-state index in [9.17, 15) is 9.90 Å². The smallest absolute Gasteiger partial charge is 0.255 e. The van der Waals surface area contributed by atoms with E-state index in [4.69, 9.17) is 23.2 Å². The van der Waals surface area contributed by atoms with Crippen molar-refractivity contribution in [2.75, 3.05) is 6.61 Å². The van der Waals surface area contributed by atoms with E-state index in [-0.39, 0.29) is 24.5 Å². The Kier molecular flexibility index (Phi) is 5.64. The average molecular weight is 426 g/mol. The van der Waals surface area contributed by atoms with E-state index < -0.39 is 6.04 Å². The number of aliphatic hydroxyl groups is 1. The van der Waals surface area contributed by atoms with Gasteiger partial charge in [0.2, 0.25) is 0 Å². The van der Waals surface area contributed by atoms with Gasteiger partial charge in [-0.05, 0) is 34.9 Å². The number of hydrogen-bond donors (Lipinski definition) is 1. The van der Waals surface area contributed by atoms with Crippen molar-refractivity contribution in [3.8, 4) is 0 Å². The van der Waals surface area contributed by atoms with Crippen molar-refractivity contribution in [2.45, 2.75) is 24.9 Å². The van der Waals surface area contributed by atoms with Gasteiger partial charge in [0, 0.05) is 21.5 Å². The highest BCUT2D eigenvalue weighted by Gasteiger charge is 2.42. The summed E-state index contributed by atoms with van der Waals surface area (Å²) in [7, 11) is 0. The zero-order valence-electron chi connectivity index (χ0n) is 15.9. The number of halogens is 2.